The Kier molecular flexibility index (Phi) is 8.15. The van der Waals surface area contributed by atoms with Crippen molar-refractivity contribution >= 4 is 67.7 Å². The Morgan fingerprint density at radius 3 is 2.13 bits per heavy atom. The van der Waals surface area contributed by atoms with Gasteiger partial charge in [0.15, 0.2) is 0 Å². The number of anilines is 4. The average Bonchev–Trinajstić information content (AvgIpc) is 3.89. The smallest absolute Gasteiger partial charge is 0.243 e. The van der Waals surface area contributed by atoms with E-state index in [0.29, 0.717) is 11.5 Å². The molecule has 7 aromatic carbocycles. The number of para-hydroxylation sites is 4. The van der Waals surface area contributed by atoms with E-state index in [0.717, 1.165) is 50.4 Å². The molecule has 0 aliphatic carbocycles. The van der Waals surface area contributed by atoms with Crippen LogP contribution in [0.15, 0.2) is 176 Å². The zero-order valence-electron chi connectivity index (χ0n) is 29.4. The van der Waals surface area contributed by atoms with Gasteiger partial charge < -0.3 is 19.1 Å². The van der Waals surface area contributed by atoms with Gasteiger partial charge in [-0.1, -0.05) is 125 Å². The summed E-state index contributed by atoms with van der Waals surface area (Å²) in [6.07, 6.45) is 2.04. The van der Waals surface area contributed by atoms with Crippen molar-refractivity contribution in [3.05, 3.63) is 195 Å². The van der Waals surface area contributed by atoms with E-state index in [1.165, 1.54) is 27.5 Å². The first kappa shape index (κ1) is 33.2. The van der Waals surface area contributed by atoms with Gasteiger partial charge in [-0.25, -0.2) is 4.98 Å². The fraction of sp³-hybridized carbons (Fsp3) is 0. The van der Waals surface area contributed by atoms with Crippen LogP contribution >= 0.6 is 0 Å². The SMILES string of the molecule is [Pt].[c-]1c(Oc2[c-]c3c(cc2)c2ccccc2n3-c2cc3c(cn2)-c2ccccc2B3c2ccccc2)cccc1N1[CH-]N(c2ccccc2)c2ccccc21. The Balaban J connectivity index is 0.00000372. The van der Waals surface area contributed by atoms with Crippen molar-refractivity contribution in [1.29, 1.82) is 0 Å². The fourth-order valence-corrected chi connectivity index (χ4v) is 8.24. The maximum absolute atomic E-state index is 6.57. The standard InChI is InChI=1S/C48H30BN4O.Pt/c1-3-14-33(15-4-1)49-42-22-9-7-20-38(42)41-31-50-48(30-43(41)49)53-44-23-10-8-21-39(44)40-27-26-37(29-47(40)53)54-36-19-13-18-35(28-36)52-32-51(34-16-5-2-6-17-34)45-24-11-12-25-46(45)52;/h1-27,30-32H;/q-3;. The van der Waals surface area contributed by atoms with Gasteiger partial charge in [0.1, 0.15) is 5.82 Å². The summed E-state index contributed by atoms with van der Waals surface area (Å²) in [6.45, 7) is 2.23. The summed E-state index contributed by atoms with van der Waals surface area (Å²) in [5.41, 5.74) is 12.4. The van der Waals surface area contributed by atoms with E-state index < -0.39 is 0 Å². The Morgan fingerprint density at radius 1 is 0.564 bits per heavy atom. The van der Waals surface area contributed by atoms with Crippen LogP contribution < -0.4 is 30.9 Å². The Hall–Kier alpha value is -6.36. The monoisotopic (exact) mass is 884 g/mol. The molecule has 0 bridgehead atoms. The molecule has 0 unspecified atom stereocenters. The van der Waals surface area contributed by atoms with Gasteiger partial charge in [0.25, 0.3) is 0 Å². The molecule has 0 N–H and O–H groups in total. The minimum atomic E-state index is 0. The number of hydrogen-bond acceptors (Lipinski definition) is 4. The summed E-state index contributed by atoms with van der Waals surface area (Å²) in [7, 11) is 0. The van der Waals surface area contributed by atoms with Gasteiger partial charge in [0.05, 0.1) is 0 Å². The molecule has 2 aliphatic heterocycles. The van der Waals surface area contributed by atoms with Crippen LogP contribution in [-0.4, -0.2) is 16.3 Å². The number of aromatic nitrogens is 2. The largest absolute Gasteiger partial charge is 0.509 e. The molecule has 264 valence electrons. The van der Waals surface area contributed by atoms with Crippen molar-refractivity contribution in [1.82, 2.24) is 9.55 Å². The predicted molar refractivity (Wildman–Crippen MR) is 221 cm³/mol. The molecular formula is C48H30BN4OPt-3. The zero-order valence-corrected chi connectivity index (χ0v) is 31.7. The number of ether oxygens (including phenoxy) is 1. The first-order valence-electron chi connectivity index (χ1n) is 18.2. The molecule has 5 nitrogen and oxygen atoms in total. The predicted octanol–water partition coefficient (Wildman–Crippen LogP) is 9.47. The van der Waals surface area contributed by atoms with Crippen molar-refractivity contribution in [2.75, 3.05) is 9.80 Å². The maximum Gasteiger partial charge on any atom is 0.243 e. The number of pyridine rings is 1. The second kappa shape index (κ2) is 13.5. The first-order chi connectivity index (χ1) is 26.8. The summed E-state index contributed by atoms with van der Waals surface area (Å²) in [5.74, 6) is 2.06. The molecule has 4 heterocycles. The number of fused-ring (bicyclic) bond motifs is 7. The van der Waals surface area contributed by atoms with Gasteiger partial charge in [0.2, 0.25) is 6.71 Å². The van der Waals surface area contributed by atoms with Crippen molar-refractivity contribution in [3.8, 4) is 28.4 Å². The Morgan fingerprint density at radius 2 is 1.27 bits per heavy atom. The molecular weight excluding hydrogens is 854 g/mol. The Labute approximate surface area is 334 Å². The molecule has 0 saturated carbocycles. The molecule has 0 spiro atoms. The van der Waals surface area contributed by atoms with E-state index in [4.69, 9.17) is 9.72 Å². The van der Waals surface area contributed by atoms with Crippen LogP contribution in [0.2, 0.25) is 0 Å². The summed E-state index contributed by atoms with van der Waals surface area (Å²) < 4.78 is 8.78. The van der Waals surface area contributed by atoms with E-state index in [-0.39, 0.29) is 27.8 Å². The summed E-state index contributed by atoms with van der Waals surface area (Å²) in [6, 6.07) is 66.3. The summed E-state index contributed by atoms with van der Waals surface area (Å²) >= 11 is 0. The molecule has 7 heteroatoms. The van der Waals surface area contributed by atoms with Crippen molar-refractivity contribution in [2.45, 2.75) is 0 Å². The van der Waals surface area contributed by atoms with E-state index in [1.54, 1.807) is 0 Å². The third-order valence-corrected chi connectivity index (χ3v) is 10.6. The van der Waals surface area contributed by atoms with Crippen molar-refractivity contribution in [2.24, 2.45) is 0 Å². The minimum absolute atomic E-state index is 0. The second-order valence-electron chi connectivity index (χ2n) is 13.7. The van der Waals surface area contributed by atoms with Crippen LogP contribution in [-0.2, 0) is 21.1 Å². The van der Waals surface area contributed by atoms with Crippen LogP contribution in [0.3, 0.4) is 0 Å². The maximum atomic E-state index is 6.57. The normalized spacial score (nSPS) is 12.8. The third kappa shape index (κ3) is 5.48. The third-order valence-electron chi connectivity index (χ3n) is 10.6. The van der Waals surface area contributed by atoms with Crippen LogP contribution in [0.4, 0.5) is 22.7 Å². The van der Waals surface area contributed by atoms with Gasteiger partial charge in [-0.3, -0.25) is 0 Å². The molecule has 11 rings (SSSR count). The quantitative estimate of drug-likeness (QED) is 0.123. The van der Waals surface area contributed by atoms with Crippen molar-refractivity contribution in [3.63, 3.8) is 0 Å². The fourth-order valence-electron chi connectivity index (χ4n) is 8.24. The summed E-state index contributed by atoms with van der Waals surface area (Å²) in [4.78, 5) is 9.47. The number of nitrogens with zero attached hydrogens (tertiary/aromatic N) is 4. The molecule has 2 aliphatic rings. The van der Waals surface area contributed by atoms with Crippen molar-refractivity contribution < 1.29 is 25.8 Å². The molecule has 9 aromatic rings. The second-order valence-corrected chi connectivity index (χ2v) is 13.7. The van der Waals surface area contributed by atoms with Crippen LogP contribution in [0.25, 0.3) is 38.8 Å². The molecule has 0 fully saturated rings. The molecule has 0 amide bonds. The average molecular weight is 885 g/mol. The van der Waals surface area contributed by atoms with Crippen LogP contribution in [0.1, 0.15) is 0 Å². The van der Waals surface area contributed by atoms with E-state index in [1.807, 2.05) is 30.5 Å². The zero-order chi connectivity index (χ0) is 35.6. The van der Waals surface area contributed by atoms with Crippen LogP contribution in [0.5, 0.6) is 11.5 Å². The van der Waals surface area contributed by atoms with Gasteiger partial charge in [-0.2, -0.15) is 12.1 Å². The number of rotatable bonds is 6. The van der Waals surface area contributed by atoms with Gasteiger partial charge >= 0.3 is 0 Å². The van der Waals surface area contributed by atoms with E-state index in [2.05, 4.69) is 179 Å². The molecule has 0 radical (unpaired) electrons. The topological polar surface area (TPSA) is 33.5 Å². The summed E-state index contributed by atoms with van der Waals surface area (Å²) in [5, 5.41) is 2.23. The van der Waals surface area contributed by atoms with E-state index >= 15 is 0 Å². The van der Waals surface area contributed by atoms with E-state index in [9.17, 15) is 0 Å². The number of benzene rings is 7. The Bertz CT molecular complexity index is 2880. The minimum Gasteiger partial charge on any atom is -0.509 e. The van der Waals surface area contributed by atoms with Gasteiger partial charge in [0, 0.05) is 61.3 Å². The van der Waals surface area contributed by atoms with Crippen LogP contribution in [0, 0.1) is 18.8 Å². The first-order valence-corrected chi connectivity index (χ1v) is 18.2. The molecule has 0 atom stereocenters. The van der Waals surface area contributed by atoms with Gasteiger partial charge in [-0.15, -0.1) is 48.1 Å². The molecule has 55 heavy (non-hydrogen) atoms. The molecule has 2 aromatic heterocycles. The number of hydrogen-bond donors (Lipinski definition) is 0. The molecule has 0 saturated heterocycles. The van der Waals surface area contributed by atoms with Gasteiger partial charge in [-0.05, 0) is 52.9 Å².